The summed E-state index contributed by atoms with van der Waals surface area (Å²) in [5, 5.41) is 19.0. The van der Waals surface area contributed by atoms with E-state index >= 15 is 0 Å². The highest BCUT2D eigenvalue weighted by Crippen LogP contribution is 2.28. The van der Waals surface area contributed by atoms with Crippen molar-refractivity contribution in [3.05, 3.63) is 33.0 Å². The van der Waals surface area contributed by atoms with E-state index in [2.05, 4.69) is 4.98 Å². The minimum Gasteiger partial charge on any atom is -0.475 e. The van der Waals surface area contributed by atoms with Crippen LogP contribution in [0, 0.1) is 17.0 Å². The number of pyridine rings is 1. The van der Waals surface area contributed by atoms with Crippen LogP contribution in [0.25, 0.3) is 0 Å². The number of aromatic nitrogens is 1. The molecule has 1 heterocycles. The standard InChI is InChI=1S/C8H6F2N2O4/c1-3-4(6(9)10)2-5(8(13)14)11-7(3)12(15)16/h2,6H,1H3,(H,13,14). The van der Waals surface area contributed by atoms with Gasteiger partial charge in [-0.15, -0.1) is 0 Å². The summed E-state index contributed by atoms with van der Waals surface area (Å²) in [6.45, 7) is 1.10. The Morgan fingerprint density at radius 1 is 1.62 bits per heavy atom. The third-order valence-electron chi connectivity index (χ3n) is 1.91. The van der Waals surface area contributed by atoms with E-state index in [1.807, 2.05) is 0 Å². The van der Waals surface area contributed by atoms with E-state index in [0.29, 0.717) is 6.07 Å². The van der Waals surface area contributed by atoms with Crippen molar-refractivity contribution in [2.24, 2.45) is 0 Å². The minimum absolute atomic E-state index is 0.329. The summed E-state index contributed by atoms with van der Waals surface area (Å²) in [7, 11) is 0. The predicted molar refractivity (Wildman–Crippen MR) is 47.5 cm³/mol. The van der Waals surface area contributed by atoms with Crippen LogP contribution in [0.2, 0.25) is 0 Å². The Balaban J connectivity index is 3.51. The summed E-state index contributed by atoms with van der Waals surface area (Å²) in [5.74, 6) is -2.46. The Morgan fingerprint density at radius 3 is 2.56 bits per heavy atom. The summed E-state index contributed by atoms with van der Waals surface area (Å²) >= 11 is 0. The van der Waals surface area contributed by atoms with Gasteiger partial charge < -0.3 is 15.2 Å². The molecule has 0 aliphatic rings. The number of aromatic carboxylic acids is 1. The van der Waals surface area contributed by atoms with Gasteiger partial charge in [0.1, 0.15) is 0 Å². The summed E-state index contributed by atoms with van der Waals surface area (Å²) in [6.07, 6.45) is -2.99. The molecule has 0 radical (unpaired) electrons. The molecule has 16 heavy (non-hydrogen) atoms. The number of alkyl halides is 2. The molecule has 0 aromatic carbocycles. The first kappa shape index (κ1) is 12.0. The van der Waals surface area contributed by atoms with Crippen molar-refractivity contribution < 1.29 is 23.6 Å². The first-order chi connectivity index (χ1) is 7.34. The van der Waals surface area contributed by atoms with Crippen LogP contribution in [0.1, 0.15) is 28.0 Å². The number of hydrogen-bond acceptors (Lipinski definition) is 4. The van der Waals surface area contributed by atoms with E-state index in [1.165, 1.54) is 0 Å². The summed E-state index contributed by atoms with van der Waals surface area (Å²) in [5.41, 5.74) is -1.79. The molecule has 0 spiro atoms. The van der Waals surface area contributed by atoms with Crippen molar-refractivity contribution in [2.75, 3.05) is 0 Å². The highest BCUT2D eigenvalue weighted by atomic mass is 19.3. The molecule has 1 rings (SSSR count). The lowest BCUT2D eigenvalue weighted by Crippen LogP contribution is -2.07. The van der Waals surface area contributed by atoms with Crippen LogP contribution in [0.4, 0.5) is 14.6 Å². The molecule has 0 amide bonds. The molecule has 0 saturated heterocycles. The third-order valence-corrected chi connectivity index (χ3v) is 1.91. The molecule has 0 saturated carbocycles. The van der Waals surface area contributed by atoms with Gasteiger partial charge in [-0.05, 0) is 16.8 Å². The second kappa shape index (κ2) is 4.17. The highest BCUT2D eigenvalue weighted by Gasteiger charge is 2.26. The number of nitrogens with zero attached hydrogens (tertiary/aromatic N) is 2. The number of halogens is 2. The molecule has 8 heteroatoms. The van der Waals surface area contributed by atoms with Gasteiger partial charge in [-0.3, -0.25) is 0 Å². The summed E-state index contributed by atoms with van der Waals surface area (Å²) < 4.78 is 24.9. The maximum atomic E-state index is 12.5. The minimum atomic E-state index is -2.99. The zero-order valence-electron chi connectivity index (χ0n) is 7.98. The Morgan fingerprint density at radius 2 is 2.19 bits per heavy atom. The quantitative estimate of drug-likeness (QED) is 0.634. The van der Waals surface area contributed by atoms with Crippen molar-refractivity contribution in [3.63, 3.8) is 0 Å². The van der Waals surface area contributed by atoms with E-state index in [9.17, 15) is 23.7 Å². The number of nitro groups is 1. The van der Waals surface area contributed by atoms with Gasteiger partial charge in [0.05, 0.1) is 5.56 Å². The zero-order chi connectivity index (χ0) is 12.5. The van der Waals surface area contributed by atoms with Crippen molar-refractivity contribution in [3.8, 4) is 0 Å². The second-order valence-corrected chi connectivity index (χ2v) is 2.91. The van der Waals surface area contributed by atoms with Crippen molar-refractivity contribution in [2.45, 2.75) is 13.3 Å². The molecule has 1 aromatic heterocycles. The summed E-state index contributed by atoms with van der Waals surface area (Å²) in [4.78, 5) is 23.2. The summed E-state index contributed by atoms with van der Waals surface area (Å²) in [6, 6.07) is 0.634. The number of rotatable bonds is 3. The number of hydrogen-bond donors (Lipinski definition) is 1. The Bertz CT molecular complexity index is 462. The average molecular weight is 232 g/mol. The highest BCUT2D eigenvalue weighted by molar-refractivity contribution is 5.86. The van der Waals surface area contributed by atoms with E-state index < -0.39 is 34.4 Å². The first-order valence-corrected chi connectivity index (χ1v) is 4.02. The van der Waals surface area contributed by atoms with Gasteiger partial charge in [0.15, 0.2) is 0 Å². The molecule has 0 aliphatic carbocycles. The second-order valence-electron chi connectivity index (χ2n) is 2.91. The van der Waals surface area contributed by atoms with Gasteiger partial charge in [-0.1, -0.05) is 0 Å². The largest absolute Gasteiger partial charge is 0.475 e. The fraction of sp³-hybridized carbons (Fsp3) is 0.250. The lowest BCUT2D eigenvalue weighted by atomic mass is 10.1. The van der Waals surface area contributed by atoms with Gasteiger partial charge in [0.2, 0.25) is 0 Å². The van der Waals surface area contributed by atoms with E-state index in [4.69, 9.17) is 5.11 Å². The lowest BCUT2D eigenvalue weighted by Gasteiger charge is -2.04. The van der Waals surface area contributed by atoms with Gasteiger partial charge in [-0.25, -0.2) is 13.6 Å². The molecular weight excluding hydrogens is 226 g/mol. The first-order valence-electron chi connectivity index (χ1n) is 4.02. The molecule has 1 N–H and O–H groups in total. The maximum Gasteiger partial charge on any atom is 0.380 e. The molecule has 0 atom stereocenters. The topological polar surface area (TPSA) is 93.3 Å². The van der Waals surface area contributed by atoms with Crippen LogP contribution in [0.15, 0.2) is 6.07 Å². The van der Waals surface area contributed by atoms with Gasteiger partial charge in [-0.2, -0.15) is 0 Å². The smallest absolute Gasteiger partial charge is 0.380 e. The normalized spacial score (nSPS) is 10.5. The molecule has 86 valence electrons. The Kier molecular flexibility index (Phi) is 3.11. The monoisotopic (exact) mass is 232 g/mol. The fourth-order valence-electron chi connectivity index (χ4n) is 1.13. The maximum absolute atomic E-state index is 12.5. The van der Waals surface area contributed by atoms with Crippen LogP contribution >= 0.6 is 0 Å². The van der Waals surface area contributed by atoms with Crippen LogP contribution in [0.3, 0.4) is 0 Å². The van der Waals surface area contributed by atoms with Gasteiger partial charge in [0, 0.05) is 11.6 Å². The van der Waals surface area contributed by atoms with Crippen LogP contribution in [0.5, 0.6) is 0 Å². The van der Waals surface area contributed by atoms with Crippen molar-refractivity contribution in [1.29, 1.82) is 0 Å². The van der Waals surface area contributed by atoms with Gasteiger partial charge >= 0.3 is 11.8 Å². The molecule has 1 aromatic rings. The fourth-order valence-corrected chi connectivity index (χ4v) is 1.13. The van der Waals surface area contributed by atoms with Crippen molar-refractivity contribution >= 4 is 11.8 Å². The number of carboxylic acids is 1. The molecular formula is C8H6F2N2O4. The predicted octanol–water partition coefficient (Wildman–Crippen LogP) is 1.93. The Hall–Kier alpha value is -2.12. The van der Waals surface area contributed by atoms with Crippen LogP contribution in [-0.2, 0) is 0 Å². The Labute approximate surface area is 87.7 Å². The van der Waals surface area contributed by atoms with Gasteiger partial charge in [0.25, 0.3) is 12.1 Å². The zero-order valence-corrected chi connectivity index (χ0v) is 7.98. The van der Waals surface area contributed by atoms with Crippen molar-refractivity contribution in [1.82, 2.24) is 4.98 Å². The van der Waals surface area contributed by atoms with E-state index in [-0.39, 0.29) is 5.56 Å². The molecule has 0 unspecified atom stereocenters. The van der Waals surface area contributed by atoms with E-state index in [0.717, 1.165) is 6.92 Å². The van der Waals surface area contributed by atoms with Crippen LogP contribution < -0.4 is 0 Å². The third kappa shape index (κ3) is 2.10. The van der Waals surface area contributed by atoms with E-state index in [1.54, 1.807) is 0 Å². The van der Waals surface area contributed by atoms with Crippen LogP contribution in [-0.4, -0.2) is 21.0 Å². The molecule has 0 fully saturated rings. The molecule has 6 nitrogen and oxygen atoms in total. The SMILES string of the molecule is Cc1c(C(F)F)cc(C(=O)O)nc1[N+](=O)[O-]. The average Bonchev–Trinajstić information content (AvgIpc) is 2.16. The lowest BCUT2D eigenvalue weighted by molar-refractivity contribution is -0.390. The number of carbonyl (C=O) groups is 1. The molecule has 0 bridgehead atoms. The number of carboxylic acid groups (broad SMARTS) is 1. The molecule has 0 aliphatic heterocycles.